The zero-order valence-electron chi connectivity index (χ0n) is 62.5. The molecule has 0 unspecified atom stereocenters. The van der Waals surface area contributed by atoms with Gasteiger partial charge < -0.3 is 101 Å². The fourth-order valence-electron chi connectivity index (χ4n) is 15.2. The summed E-state index contributed by atoms with van der Waals surface area (Å²) in [5.41, 5.74) is -5.24. The molecular weight excluding hydrogens is 1660 g/mol. The molecule has 0 aliphatic carbocycles. The molecule has 0 aromatic carbocycles. The number of rotatable bonds is 29. The molecule has 25 nitrogen and oxygen atoms in total. The molecular formula is C75H92F9N3O22S6. The van der Waals surface area contributed by atoms with E-state index in [9.17, 15) is 74.0 Å². The molecule has 115 heavy (non-hydrogen) atoms. The summed E-state index contributed by atoms with van der Waals surface area (Å²) in [6.07, 6.45) is -6.79. The molecule has 6 bridgehead atoms. The van der Waals surface area contributed by atoms with Gasteiger partial charge in [0.05, 0.1) is 141 Å². The lowest BCUT2D eigenvalue weighted by Gasteiger charge is -2.52. The van der Waals surface area contributed by atoms with E-state index in [1.54, 1.807) is 24.3 Å². The van der Waals surface area contributed by atoms with Crippen LogP contribution in [0.3, 0.4) is 0 Å². The first-order chi connectivity index (χ1) is 54.5. The third-order valence-corrected chi connectivity index (χ3v) is 27.0. The van der Waals surface area contributed by atoms with Crippen LogP contribution >= 0.6 is 68.0 Å². The van der Waals surface area contributed by atoms with Crippen molar-refractivity contribution >= 4 is 110 Å². The fraction of sp³-hybridized carbons (Fsp3) is 0.587. The molecule has 10 aliphatic rings. The van der Waals surface area contributed by atoms with Crippen molar-refractivity contribution in [1.82, 2.24) is 0 Å². The van der Waals surface area contributed by atoms with Gasteiger partial charge in [0.25, 0.3) is 0 Å². The Bertz CT molecular complexity index is 3780. The number of quaternary nitrogens is 3. The lowest BCUT2D eigenvalue weighted by molar-refractivity contribution is -0.946. The van der Waals surface area contributed by atoms with E-state index >= 15 is 0 Å². The van der Waals surface area contributed by atoms with Crippen molar-refractivity contribution in [3.63, 3.8) is 0 Å². The van der Waals surface area contributed by atoms with Crippen LogP contribution < -0.4 is 15.3 Å². The number of carboxylic acid groups (broad SMARTS) is 3. The Morgan fingerprint density at radius 1 is 0.443 bits per heavy atom. The molecule has 16 heterocycles. The Morgan fingerprint density at radius 3 is 0.983 bits per heavy atom. The van der Waals surface area contributed by atoms with Gasteiger partial charge in [-0.3, -0.25) is 4.79 Å². The number of carboxylic acids is 3. The highest BCUT2D eigenvalue weighted by Gasteiger charge is 2.55. The summed E-state index contributed by atoms with van der Waals surface area (Å²) in [7, 11) is 0. The third-order valence-electron chi connectivity index (χ3n) is 21.1. The van der Waals surface area contributed by atoms with Crippen molar-refractivity contribution in [2.75, 3.05) is 131 Å². The van der Waals surface area contributed by atoms with Gasteiger partial charge in [-0.25, -0.2) is 14.4 Å². The van der Waals surface area contributed by atoms with Gasteiger partial charge in [-0.1, -0.05) is 36.4 Å². The average molecular weight is 1750 g/mol. The van der Waals surface area contributed by atoms with E-state index in [1.807, 2.05) is 87.7 Å². The number of ether oxygens (including phenoxy) is 8. The number of carbonyl (C=O) groups excluding carboxylic acids is 7. The number of alkyl halides is 9. The van der Waals surface area contributed by atoms with E-state index in [0.29, 0.717) is 99.7 Å². The maximum Gasteiger partial charge on any atom is 0.430 e. The second-order valence-electron chi connectivity index (χ2n) is 28.4. The van der Waals surface area contributed by atoms with Gasteiger partial charge in [0.2, 0.25) is 16.8 Å². The summed E-state index contributed by atoms with van der Waals surface area (Å²) in [5, 5.41) is 80.9. The number of aliphatic hydroxyl groups excluding tert-OH is 1. The largest absolute Gasteiger partial charge is 0.542 e. The highest BCUT2D eigenvalue weighted by molar-refractivity contribution is 7.13. The first-order valence-corrected chi connectivity index (χ1v) is 42.3. The van der Waals surface area contributed by atoms with Crippen LogP contribution in [0.1, 0.15) is 100 Å². The molecule has 40 heteroatoms. The minimum Gasteiger partial charge on any atom is -0.542 e. The molecule has 6 aromatic rings. The van der Waals surface area contributed by atoms with E-state index in [-0.39, 0.29) is 37.2 Å². The normalized spacial score (nSPS) is 23.7. The van der Waals surface area contributed by atoms with Gasteiger partial charge in [-0.15, -0.1) is 68.0 Å². The molecule has 0 amide bonds. The summed E-state index contributed by atoms with van der Waals surface area (Å²) in [6.45, 7) is 17.3. The maximum atomic E-state index is 13.4. The summed E-state index contributed by atoms with van der Waals surface area (Å²) in [6, 6.07) is 21.8. The summed E-state index contributed by atoms with van der Waals surface area (Å²) >= 11 is 8.22. The lowest BCUT2D eigenvalue weighted by Crippen LogP contribution is -2.65. The molecule has 0 radical (unpaired) electrons. The van der Waals surface area contributed by atoms with Crippen LogP contribution in [0.25, 0.3) is 0 Å². The highest BCUT2D eigenvalue weighted by atomic mass is 32.1. The maximum absolute atomic E-state index is 13.4. The van der Waals surface area contributed by atoms with Gasteiger partial charge in [0.1, 0.15) is 44.1 Å². The van der Waals surface area contributed by atoms with Crippen LogP contribution in [0.5, 0.6) is 0 Å². The molecule has 638 valence electrons. The van der Waals surface area contributed by atoms with Crippen molar-refractivity contribution in [2.24, 2.45) is 17.8 Å². The molecule has 16 rings (SSSR count). The summed E-state index contributed by atoms with van der Waals surface area (Å²) in [4.78, 5) is 81.8. The average Bonchev–Trinajstić information content (AvgIpc) is 1.76. The number of halogens is 9. The Labute approximate surface area is 680 Å². The predicted molar refractivity (Wildman–Crippen MR) is 395 cm³/mol. The summed E-state index contributed by atoms with van der Waals surface area (Å²) in [5.74, 6) is -9.78. The number of carbonyl (C=O) groups is 7. The van der Waals surface area contributed by atoms with Gasteiger partial charge >= 0.3 is 42.4 Å². The standard InChI is InChI=1S/C23H32NO6S2.2C23H30NO5S2.3C2HF3O2/c25-10-12-29-14-13-28-11-9-24-7-5-18(6-8-24)19(17-24)30-22(26)23(27,20-3-1-15-31-20)21-4-2-16-32-21;25-22(23(26,19-4-2-14-30-19)20-5-3-15-31-20)29-18-16-24(10-7-17(18)8-11-24)9-1-6-21-27-12-13-28-21;1-2-28-21(25)8-3-11-24-12-9-17(10-13-24)18(16-24)29-22(26)23(27,19-6-4-14-30-19)20-7-5-15-31-20;3*3-2(4,5)1(6)7/h1-4,15-16,18-19,25,27H,5-14,17H2;2-5,14-15,17-18,21,26H,1,6-13,16H2;4-7,14-15,17-18,27H,2-3,8-13,16H2,1H3;3*(H,6,7)/q3*+1;;;/p-3/t18?,19-,24?;2*17?,18-,24?;;;/m100.../s1. The number of aliphatic hydroxyl groups is 4. The molecule has 3 atom stereocenters. The second-order valence-corrected chi connectivity index (χ2v) is 34.1. The van der Waals surface area contributed by atoms with Crippen molar-refractivity contribution in [3.8, 4) is 0 Å². The summed E-state index contributed by atoms with van der Waals surface area (Å²) < 4.78 is 143. The van der Waals surface area contributed by atoms with Crippen molar-refractivity contribution in [2.45, 2.75) is 131 Å². The van der Waals surface area contributed by atoms with Crippen LogP contribution in [0, 0.1) is 17.8 Å². The third kappa shape index (κ3) is 25.5. The molecule has 10 fully saturated rings. The SMILES string of the molecule is CCOC(=O)CCC[N+]12CCC(CC1)[C@@H](OC(=O)C(O)(c1cccs1)c1cccs1)C2.O=C(O[C@@H]1C[N+]2(CCOCCOCCO)CCC1CC2)C(O)(c1cccs1)c1cccs1.O=C(O[C@H]1C[N+]2(CCCC3OCCO3)CCC1CC2)C(O)(c1cccs1)c1cccs1.O=C([O-])C(F)(F)F.O=C([O-])C(F)(F)F.O=C([O-])C(F)(F)F. The number of thiophene rings is 6. The Hall–Kier alpha value is -6.58. The van der Waals surface area contributed by atoms with E-state index < -0.39 is 71.1 Å². The number of nitrogens with zero attached hydrogens (tertiary/aromatic N) is 3. The van der Waals surface area contributed by atoms with Gasteiger partial charge in [-0.05, 0) is 75.6 Å². The number of hydrogen-bond acceptors (Lipinski definition) is 28. The molecule has 10 aliphatic heterocycles. The smallest absolute Gasteiger partial charge is 0.430 e. The van der Waals surface area contributed by atoms with Crippen LogP contribution in [-0.4, -0.2) is 250 Å². The molecule has 10 saturated heterocycles. The Balaban J connectivity index is 0.000000191. The number of aliphatic carboxylic acids is 3. The molecule has 0 spiro atoms. The first-order valence-electron chi connectivity index (χ1n) is 37.1. The van der Waals surface area contributed by atoms with Crippen LogP contribution in [-0.2, 0) is 88.3 Å². The number of fused-ring (bicyclic) bond motifs is 9. The fourth-order valence-corrected chi connectivity index (χ4v) is 20.3. The first kappa shape index (κ1) is 93.9. The topological polar surface area (TPSA) is 343 Å². The van der Waals surface area contributed by atoms with Gasteiger partial charge in [0, 0.05) is 75.5 Å². The lowest BCUT2D eigenvalue weighted by atomic mass is 9.83. The van der Waals surface area contributed by atoms with Crippen molar-refractivity contribution in [1.29, 1.82) is 0 Å². The van der Waals surface area contributed by atoms with E-state index in [2.05, 4.69) is 0 Å². The zero-order chi connectivity index (χ0) is 83.9. The van der Waals surface area contributed by atoms with Crippen molar-refractivity contribution < 1.29 is 160 Å². The predicted octanol–water partition coefficient (Wildman–Crippen LogP) is 7.01. The van der Waals surface area contributed by atoms with E-state index in [4.69, 9.17) is 72.7 Å². The zero-order valence-corrected chi connectivity index (χ0v) is 67.4. The minimum atomic E-state index is -5.19. The van der Waals surface area contributed by atoms with Gasteiger partial charge in [0.15, 0.2) is 24.6 Å². The van der Waals surface area contributed by atoms with E-state index in [0.717, 1.165) is 150 Å². The Morgan fingerprint density at radius 2 is 0.722 bits per heavy atom. The quantitative estimate of drug-likeness (QED) is 0.0121. The van der Waals surface area contributed by atoms with Crippen LogP contribution in [0.4, 0.5) is 39.5 Å². The number of esters is 4. The van der Waals surface area contributed by atoms with Gasteiger partial charge in [-0.2, -0.15) is 39.5 Å². The Kier molecular flexibility index (Phi) is 34.6. The van der Waals surface area contributed by atoms with E-state index in [1.165, 1.54) is 68.0 Å². The molecule has 4 N–H and O–H groups in total. The molecule has 6 aromatic heterocycles. The van der Waals surface area contributed by atoms with Crippen LogP contribution in [0.15, 0.2) is 105 Å². The number of hydrogen-bond donors (Lipinski definition) is 4. The van der Waals surface area contributed by atoms with Crippen molar-refractivity contribution in [3.05, 3.63) is 134 Å². The molecule has 0 saturated carbocycles. The highest BCUT2D eigenvalue weighted by Crippen LogP contribution is 2.45. The van der Waals surface area contributed by atoms with Crippen LogP contribution in [0.2, 0.25) is 0 Å². The minimum absolute atomic E-state index is 0.0232. The second kappa shape index (κ2) is 42.4. The monoisotopic (exact) mass is 1750 g/mol. The number of piperidine rings is 9.